The number of aromatic amines is 1. The van der Waals surface area contributed by atoms with Gasteiger partial charge >= 0.3 is 6.18 Å². The van der Waals surface area contributed by atoms with Crippen molar-refractivity contribution in [2.75, 3.05) is 11.9 Å². The molecule has 1 unspecified atom stereocenters. The van der Waals surface area contributed by atoms with Crippen molar-refractivity contribution in [1.82, 2.24) is 4.98 Å². The van der Waals surface area contributed by atoms with Crippen LogP contribution in [0.4, 0.5) is 18.9 Å². The van der Waals surface area contributed by atoms with Gasteiger partial charge in [0.1, 0.15) is 0 Å². The lowest BCUT2D eigenvalue weighted by molar-refractivity contribution is -0.219. The number of nitrogens with one attached hydrogen (secondary N) is 2. The highest BCUT2D eigenvalue weighted by Gasteiger charge is 2.41. The largest absolute Gasteiger partial charge is 0.467 e. The van der Waals surface area contributed by atoms with Gasteiger partial charge in [0.2, 0.25) is 6.23 Å². The molecular weight excluding hydrogens is 277 g/mol. The second-order valence-corrected chi connectivity index (χ2v) is 4.34. The van der Waals surface area contributed by atoms with Crippen LogP contribution in [0.2, 0.25) is 0 Å². The van der Waals surface area contributed by atoms with Gasteiger partial charge in [-0.15, -0.1) is 0 Å². The molecule has 1 heterocycles. The monoisotopic (exact) mass is 294 g/mol. The number of aromatic nitrogens is 1. The number of carbonyl (C=O) groups is 1. The fraction of sp³-hybridized carbons (Fsp3) is 0.583. The van der Waals surface area contributed by atoms with Crippen molar-refractivity contribution in [1.29, 1.82) is 0 Å². The van der Waals surface area contributed by atoms with E-state index in [0.29, 0.717) is 5.69 Å². The van der Waals surface area contributed by atoms with Gasteiger partial charge in [-0.3, -0.25) is 4.79 Å². The molecule has 8 heteroatoms. The Balaban J connectivity index is 2.73. The third-order valence-corrected chi connectivity index (χ3v) is 2.36. The first-order valence-corrected chi connectivity index (χ1v) is 6.04. The predicted molar refractivity (Wildman–Crippen MR) is 66.2 cm³/mol. The summed E-state index contributed by atoms with van der Waals surface area (Å²) in [5.41, 5.74) is 0.774. The van der Waals surface area contributed by atoms with E-state index in [-0.39, 0.29) is 25.2 Å². The van der Waals surface area contributed by atoms with Crippen LogP contribution >= 0.6 is 0 Å². The van der Waals surface area contributed by atoms with Crippen LogP contribution in [0.25, 0.3) is 0 Å². The first kappa shape index (κ1) is 16.4. The zero-order valence-electron chi connectivity index (χ0n) is 11.2. The Morgan fingerprint density at radius 1 is 1.45 bits per heavy atom. The highest BCUT2D eigenvalue weighted by atomic mass is 19.4. The fourth-order valence-corrected chi connectivity index (χ4v) is 1.56. The summed E-state index contributed by atoms with van der Waals surface area (Å²) in [6.45, 7) is 3.42. The molecule has 1 rings (SSSR count). The SMILES string of the molecule is CC(C)OC(Nc1cc[nH]c1CCOC=O)C(F)(F)F. The topological polar surface area (TPSA) is 63.4 Å². The van der Waals surface area contributed by atoms with Crippen LogP contribution in [-0.4, -0.2) is 36.6 Å². The number of rotatable bonds is 8. The highest BCUT2D eigenvalue weighted by molar-refractivity contribution is 5.49. The lowest BCUT2D eigenvalue weighted by Crippen LogP contribution is -2.40. The van der Waals surface area contributed by atoms with Gasteiger partial charge in [0.05, 0.1) is 18.4 Å². The molecule has 0 amide bonds. The van der Waals surface area contributed by atoms with Gasteiger partial charge in [0, 0.05) is 18.3 Å². The Morgan fingerprint density at radius 2 is 2.15 bits per heavy atom. The Labute approximate surface area is 114 Å². The second-order valence-electron chi connectivity index (χ2n) is 4.34. The summed E-state index contributed by atoms with van der Waals surface area (Å²) in [6, 6.07) is 1.47. The van der Waals surface area contributed by atoms with Gasteiger partial charge in [-0.2, -0.15) is 13.2 Å². The van der Waals surface area contributed by atoms with Gasteiger partial charge in [-0.05, 0) is 19.9 Å². The summed E-state index contributed by atoms with van der Waals surface area (Å²) in [4.78, 5) is 12.8. The van der Waals surface area contributed by atoms with E-state index in [9.17, 15) is 18.0 Å². The number of hydrogen-bond donors (Lipinski definition) is 2. The number of alkyl halides is 3. The number of anilines is 1. The molecule has 0 aliphatic heterocycles. The summed E-state index contributed by atoms with van der Waals surface area (Å²) in [5, 5.41) is 2.30. The molecule has 20 heavy (non-hydrogen) atoms. The van der Waals surface area contributed by atoms with Crippen molar-refractivity contribution in [3.63, 3.8) is 0 Å². The normalized spacial score (nSPS) is 13.3. The lowest BCUT2D eigenvalue weighted by atomic mass is 10.3. The average molecular weight is 294 g/mol. The molecule has 5 nitrogen and oxygen atoms in total. The average Bonchev–Trinajstić information content (AvgIpc) is 2.74. The van der Waals surface area contributed by atoms with E-state index in [2.05, 4.69) is 15.0 Å². The van der Waals surface area contributed by atoms with E-state index in [4.69, 9.17) is 4.74 Å². The van der Waals surface area contributed by atoms with Crippen molar-refractivity contribution in [3.8, 4) is 0 Å². The Morgan fingerprint density at radius 3 is 2.70 bits per heavy atom. The van der Waals surface area contributed by atoms with Gasteiger partial charge < -0.3 is 19.8 Å². The van der Waals surface area contributed by atoms with Crippen LogP contribution in [-0.2, 0) is 20.7 Å². The van der Waals surface area contributed by atoms with Crippen LogP contribution in [0, 0.1) is 0 Å². The first-order chi connectivity index (χ1) is 9.34. The minimum absolute atomic E-state index is 0.0837. The van der Waals surface area contributed by atoms with Crippen LogP contribution in [0.3, 0.4) is 0 Å². The van der Waals surface area contributed by atoms with Crippen LogP contribution in [0.5, 0.6) is 0 Å². The molecule has 0 saturated carbocycles. The van der Waals surface area contributed by atoms with E-state index < -0.39 is 18.5 Å². The van der Waals surface area contributed by atoms with E-state index in [0.717, 1.165) is 0 Å². The Hall–Kier alpha value is -1.70. The molecule has 0 aliphatic rings. The van der Waals surface area contributed by atoms with Crippen molar-refractivity contribution >= 4 is 12.2 Å². The van der Waals surface area contributed by atoms with E-state index in [1.165, 1.54) is 26.1 Å². The molecule has 0 bridgehead atoms. The van der Waals surface area contributed by atoms with Crippen LogP contribution in [0.15, 0.2) is 12.3 Å². The minimum atomic E-state index is -4.53. The summed E-state index contributed by atoms with van der Waals surface area (Å²) in [7, 11) is 0. The molecule has 1 aromatic heterocycles. The molecule has 0 fully saturated rings. The van der Waals surface area contributed by atoms with Gasteiger partial charge in [-0.1, -0.05) is 0 Å². The maximum Gasteiger partial charge on any atom is 0.433 e. The van der Waals surface area contributed by atoms with Gasteiger partial charge in [0.15, 0.2) is 0 Å². The number of hydrogen-bond acceptors (Lipinski definition) is 4. The molecule has 1 atom stereocenters. The van der Waals surface area contributed by atoms with Gasteiger partial charge in [-0.25, -0.2) is 0 Å². The number of H-pyrrole nitrogens is 1. The van der Waals surface area contributed by atoms with Crippen LogP contribution in [0.1, 0.15) is 19.5 Å². The molecule has 0 saturated heterocycles. The van der Waals surface area contributed by atoms with Gasteiger partial charge in [0.25, 0.3) is 6.47 Å². The highest BCUT2D eigenvalue weighted by Crippen LogP contribution is 2.27. The van der Waals surface area contributed by atoms with E-state index in [1.807, 2.05) is 0 Å². The van der Waals surface area contributed by atoms with E-state index in [1.54, 1.807) is 0 Å². The quantitative estimate of drug-likeness (QED) is 0.439. The molecule has 114 valence electrons. The lowest BCUT2D eigenvalue weighted by Gasteiger charge is -2.24. The number of carbonyl (C=O) groups excluding carboxylic acids is 1. The molecule has 0 spiro atoms. The molecule has 0 aromatic carbocycles. The third kappa shape index (κ3) is 5.12. The molecule has 0 aliphatic carbocycles. The molecule has 1 aromatic rings. The number of halogens is 3. The summed E-state index contributed by atoms with van der Waals surface area (Å²) < 4.78 is 47.9. The van der Waals surface area contributed by atoms with E-state index >= 15 is 0 Å². The standard InChI is InChI=1S/C12H17F3N2O3/c1-8(2)20-11(12(13,14)15)17-10-3-5-16-9(10)4-6-19-7-18/h3,5,7-8,11,16-17H,4,6H2,1-2H3. The summed E-state index contributed by atoms with van der Waals surface area (Å²) >= 11 is 0. The second kappa shape index (κ2) is 7.18. The third-order valence-electron chi connectivity index (χ3n) is 2.36. The smallest absolute Gasteiger partial charge is 0.433 e. The first-order valence-electron chi connectivity index (χ1n) is 6.04. The molecular formula is C12H17F3N2O3. The molecule has 2 N–H and O–H groups in total. The van der Waals surface area contributed by atoms with Crippen molar-refractivity contribution in [2.24, 2.45) is 0 Å². The minimum Gasteiger partial charge on any atom is -0.467 e. The predicted octanol–water partition coefficient (Wildman–Crippen LogP) is 2.46. The maximum atomic E-state index is 12.8. The van der Waals surface area contributed by atoms with Crippen molar-refractivity contribution in [3.05, 3.63) is 18.0 Å². The van der Waals surface area contributed by atoms with Crippen molar-refractivity contribution in [2.45, 2.75) is 38.8 Å². The Bertz CT molecular complexity index is 418. The zero-order chi connectivity index (χ0) is 15.2. The number of ether oxygens (including phenoxy) is 2. The van der Waals surface area contributed by atoms with Crippen molar-refractivity contribution < 1.29 is 27.4 Å². The summed E-state index contributed by atoms with van der Waals surface area (Å²) in [5.74, 6) is 0. The zero-order valence-corrected chi connectivity index (χ0v) is 11.2. The summed E-state index contributed by atoms with van der Waals surface area (Å²) in [6.07, 6.45) is -5.42. The fourth-order valence-electron chi connectivity index (χ4n) is 1.56. The maximum absolute atomic E-state index is 12.8. The van der Waals surface area contributed by atoms with Crippen LogP contribution < -0.4 is 5.32 Å². The molecule has 0 radical (unpaired) electrons. The Kier molecular flexibility index (Phi) is 5.87.